The minimum Gasteiger partial charge on any atom is -0.506 e. The minimum atomic E-state index is -0.411. The number of rotatable bonds is 8. The Morgan fingerprint density at radius 3 is 1.13 bits per heavy atom. The number of aromatic hydroxyl groups is 2. The summed E-state index contributed by atoms with van der Waals surface area (Å²) in [6.07, 6.45) is 0. The van der Waals surface area contributed by atoms with Crippen LogP contribution in [0, 0.1) is 0 Å². The predicted octanol–water partition coefficient (Wildman–Crippen LogP) is 11.7. The number of phenols is 2. The van der Waals surface area contributed by atoms with Crippen molar-refractivity contribution in [2.75, 3.05) is 14.2 Å². The van der Waals surface area contributed by atoms with Crippen molar-refractivity contribution in [3.05, 3.63) is 119 Å². The van der Waals surface area contributed by atoms with Gasteiger partial charge in [0.1, 0.15) is 34.2 Å². The molecule has 0 bridgehead atoms. The molecular weight excluding hydrogens is 948 g/mol. The Morgan fingerprint density at radius 2 is 0.831 bits per heavy atom. The van der Waals surface area contributed by atoms with E-state index in [2.05, 4.69) is 92.4 Å². The van der Waals surface area contributed by atoms with Gasteiger partial charge in [-0.05, 0) is 81.6 Å². The predicted molar refractivity (Wildman–Crippen MR) is 266 cm³/mol. The summed E-state index contributed by atoms with van der Waals surface area (Å²) in [5.41, 5.74) is 7.52. The average molecular weight is 1010 g/mol. The molecule has 4 aromatic carbocycles. The molecule has 18 nitrogen and oxygen atoms in total. The van der Waals surface area contributed by atoms with Crippen LogP contribution in [0.5, 0.6) is 11.5 Å². The van der Waals surface area contributed by atoms with E-state index in [4.69, 9.17) is 9.47 Å². The van der Waals surface area contributed by atoms with E-state index in [-0.39, 0.29) is 49.9 Å². The number of methoxy groups -OCH3 is 2. The average Bonchev–Trinajstić information content (AvgIpc) is 4.08. The summed E-state index contributed by atoms with van der Waals surface area (Å²) in [5, 5.41) is 56.8. The number of ether oxygens (including phenoxy) is 2. The van der Waals surface area contributed by atoms with Gasteiger partial charge >= 0.3 is 28.7 Å². The zero-order valence-corrected chi connectivity index (χ0v) is 43.4. The number of azo groups is 2. The maximum Gasteiger partial charge on any atom is 2.00 e. The second kappa shape index (κ2) is 20.1. The zero-order chi connectivity index (χ0) is 51.1. The first-order valence-corrected chi connectivity index (χ1v) is 22.5. The summed E-state index contributed by atoms with van der Waals surface area (Å²) in [6.45, 7) is 24.7. The number of aromatic nitrogens is 8. The Balaban J connectivity index is 0.000000229. The Morgan fingerprint density at radius 1 is 0.493 bits per heavy atom. The van der Waals surface area contributed by atoms with Crippen LogP contribution < -0.4 is 9.97 Å². The van der Waals surface area contributed by atoms with Crippen molar-refractivity contribution in [2.24, 2.45) is 20.5 Å². The molecule has 0 atom stereocenters. The van der Waals surface area contributed by atoms with E-state index in [0.29, 0.717) is 68.2 Å². The topological polar surface area (TPSA) is 231 Å². The van der Waals surface area contributed by atoms with Crippen LogP contribution in [-0.2, 0) is 47.9 Å². The van der Waals surface area contributed by atoms with Crippen molar-refractivity contribution in [3.8, 4) is 34.3 Å². The van der Waals surface area contributed by atoms with Crippen molar-refractivity contribution in [1.82, 2.24) is 39.6 Å². The zero-order valence-electron chi connectivity index (χ0n) is 42.3. The number of carbonyl (C=O) groups is 2. The molecule has 1 radical (unpaired) electrons. The molecule has 4 aromatic heterocycles. The van der Waals surface area contributed by atoms with Crippen molar-refractivity contribution in [3.63, 3.8) is 0 Å². The maximum atomic E-state index is 11.7. The first-order chi connectivity index (χ1) is 32.8. The van der Waals surface area contributed by atoms with E-state index < -0.39 is 11.9 Å². The van der Waals surface area contributed by atoms with Gasteiger partial charge in [-0.15, -0.1) is 20.5 Å². The number of esters is 2. The van der Waals surface area contributed by atoms with Crippen LogP contribution in [0.2, 0.25) is 0 Å². The van der Waals surface area contributed by atoms with Crippen LogP contribution in [0.1, 0.15) is 126 Å². The van der Waals surface area contributed by atoms with Crippen LogP contribution >= 0.6 is 0 Å². The van der Waals surface area contributed by atoms with Crippen molar-refractivity contribution in [1.29, 1.82) is 0 Å². The molecule has 2 N–H and O–H groups in total. The molecule has 8 aromatic rings. The van der Waals surface area contributed by atoms with Gasteiger partial charge in [-0.2, -0.15) is 0 Å². The summed E-state index contributed by atoms with van der Waals surface area (Å²) in [4.78, 5) is 32.8. The molecule has 0 fully saturated rings. The fourth-order valence-corrected chi connectivity index (χ4v) is 7.07. The smallest absolute Gasteiger partial charge is 0.506 e. The second-order valence-electron chi connectivity index (χ2n) is 20.8. The molecule has 0 aliphatic heterocycles. The van der Waals surface area contributed by atoms with Gasteiger partial charge in [0.25, 0.3) is 0 Å². The number of phenolic OH excluding ortho intramolecular Hbond substituents is 2. The van der Waals surface area contributed by atoms with E-state index in [9.17, 15) is 19.8 Å². The molecule has 0 unspecified atom stereocenters. The van der Waals surface area contributed by atoms with Gasteiger partial charge < -0.3 is 39.9 Å². The normalized spacial score (nSPS) is 12.4. The first-order valence-electron chi connectivity index (χ1n) is 22.5. The molecule has 8 rings (SSSR count). The Labute approximate surface area is 422 Å². The minimum absolute atomic E-state index is 0. The Hall–Kier alpha value is -7.51. The van der Waals surface area contributed by atoms with Gasteiger partial charge in [-0.25, -0.2) is 19.8 Å². The molecule has 0 spiro atoms. The number of hydrogen-bond donors (Lipinski definition) is 2. The number of fused-ring (bicyclic) bond motifs is 2. The number of carbonyl (C=O) groups excluding carboxylic acids is 2. The van der Waals surface area contributed by atoms with Crippen molar-refractivity contribution in [2.45, 2.75) is 105 Å². The van der Waals surface area contributed by atoms with E-state index in [1.807, 2.05) is 65.8 Å². The Bertz CT molecular complexity index is 3060. The molecule has 4 heterocycles. The summed E-state index contributed by atoms with van der Waals surface area (Å²) in [7, 11) is 2.68. The van der Waals surface area contributed by atoms with Gasteiger partial charge in [0.15, 0.2) is 0 Å². The van der Waals surface area contributed by atoms with Crippen LogP contribution in [0.15, 0.2) is 105 Å². The number of hydrogen-bond acceptors (Lipinski definition) is 14. The monoisotopic (exact) mass is 1010 g/mol. The Kier molecular flexibility index (Phi) is 14.9. The van der Waals surface area contributed by atoms with Gasteiger partial charge in [0.2, 0.25) is 0 Å². The van der Waals surface area contributed by atoms with Gasteiger partial charge in [-0.1, -0.05) is 119 Å². The maximum absolute atomic E-state index is 11.7. The quantitative estimate of drug-likeness (QED) is 0.107. The summed E-state index contributed by atoms with van der Waals surface area (Å²) in [5.74, 6) is 0.152. The summed E-state index contributed by atoms with van der Waals surface area (Å²) >= 11 is 0. The van der Waals surface area contributed by atoms with Gasteiger partial charge in [0, 0.05) is 22.5 Å². The third-order valence-electron chi connectivity index (χ3n) is 11.2. The van der Waals surface area contributed by atoms with E-state index in [0.717, 1.165) is 22.3 Å². The molecule has 0 aliphatic carbocycles. The third-order valence-corrected chi connectivity index (χ3v) is 11.2. The number of benzene rings is 4. The molecular formula is C52H58CoN12O6. The van der Waals surface area contributed by atoms with Crippen molar-refractivity contribution >= 4 is 46.0 Å². The van der Waals surface area contributed by atoms with Crippen LogP contribution in [0.25, 0.3) is 34.1 Å². The van der Waals surface area contributed by atoms with E-state index in [1.165, 1.54) is 23.5 Å². The van der Waals surface area contributed by atoms with Gasteiger partial charge in [-0.3, -0.25) is 9.26 Å². The second-order valence-corrected chi connectivity index (χ2v) is 20.8. The molecule has 0 saturated heterocycles. The first kappa shape index (κ1) is 52.8. The van der Waals surface area contributed by atoms with E-state index >= 15 is 0 Å². The summed E-state index contributed by atoms with van der Waals surface area (Å²) in [6, 6.07) is 24.3. The molecule has 0 aliphatic rings. The van der Waals surface area contributed by atoms with Crippen LogP contribution in [0.4, 0.5) is 22.7 Å². The fourth-order valence-electron chi connectivity index (χ4n) is 7.07. The third kappa shape index (κ3) is 11.6. The van der Waals surface area contributed by atoms with Crippen LogP contribution in [-0.4, -0.2) is 66.0 Å². The largest absolute Gasteiger partial charge is 2.00 e. The SMILES string of the molecule is COC(=O)c1ccc(-c2nn3nc(C(C)(C)C)c(N=Nc4cc(C(C)(C)C)ccc4O)c3[n-]2)cc1.COC(=O)c1ccc(-c2nn3nc(C(C)(C)C)c(N=Nc4cc(C(C)(C)C)ccc4O)c3[n-]2)cc1.[Co+2]. The molecule has 0 saturated carbocycles. The van der Waals surface area contributed by atoms with E-state index in [1.54, 1.807) is 60.7 Å². The fraction of sp³-hybridized carbons (Fsp3) is 0.346. The molecule has 19 heteroatoms. The number of nitrogens with zero attached hydrogens (tertiary/aromatic N) is 12. The summed E-state index contributed by atoms with van der Waals surface area (Å²) < 4.78 is 12.4. The molecule has 0 amide bonds. The van der Waals surface area contributed by atoms with Crippen molar-refractivity contribution < 1.29 is 46.1 Å². The van der Waals surface area contributed by atoms with Gasteiger partial charge in [0.05, 0.1) is 48.0 Å². The van der Waals surface area contributed by atoms with Crippen LogP contribution in [0.3, 0.4) is 0 Å². The molecule has 371 valence electrons. The molecule has 71 heavy (non-hydrogen) atoms. The standard InChI is InChI=1S/2C26H30N6O3.Co/c2*1-25(2,3)17-12-13-19(33)18(14-17)28-29-20-21(26(4,5)6)30-32-23(20)27-22(31-32)15-8-10-16(11-9-15)24(34)35-7;/h2*8-14H,1-7H3,(H2,27,28,29,30,31,33,34);/q;;+2/p-2.